The van der Waals surface area contributed by atoms with Crippen molar-refractivity contribution >= 4 is 11.6 Å². The normalized spacial score (nSPS) is 14.2. The standard InChI is InChI=1S/C19H15F2N3O3/c1-11-17(12(2)24(23-11)14-6-4-3-5-7-14)18(25)22-13-8-9-15-16(10-13)27-19(20,21)26-15/h3-10H,1-2H3,(H,22,25). The Morgan fingerprint density at radius 1 is 1.07 bits per heavy atom. The second kappa shape index (κ2) is 6.08. The molecule has 0 saturated heterocycles. The number of benzene rings is 2. The third kappa shape index (κ3) is 3.10. The van der Waals surface area contributed by atoms with Crippen LogP contribution in [0, 0.1) is 13.8 Å². The zero-order valence-corrected chi connectivity index (χ0v) is 14.5. The maximum Gasteiger partial charge on any atom is 0.586 e. The number of alkyl halides is 2. The minimum Gasteiger partial charge on any atom is -0.395 e. The van der Waals surface area contributed by atoms with E-state index in [1.54, 1.807) is 18.5 Å². The van der Waals surface area contributed by atoms with E-state index in [1.807, 2.05) is 30.3 Å². The van der Waals surface area contributed by atoms with Crippen molar-refractivity contribution in [3.05, 3.63) is 65.5 Å². The van der Waals surface area contributed by atoms with Gasteiger partial charge in [-0.25, -0.2) is 4.68 Å². The fraction of sp³-hybridized carbons (Fsp3) is 0.158. The first kappa shape index (κ1) is 17.0. The van der Waals surface area contributed by atoms with Crippen molar-refractivity contribution in [1.29, 1.82) is 0 Å². The van der Waals surface area contributed by atoms with Crippen LogP contribution in [0.25, 0.3) is 5.69 Å². The van der Waals surface area contributed by atoms with Crippen LogP contribution in [0.15, 0.2) is 48.5 Å². The van der Waals surface area contributed by atoms with Gasteiger partial charge in [0.2, 0.25) is 0 Å². The fourth-order valence-corrected chi connectivity index (χ4v) is 3.01. The third-order valence-corrected chi connectivity index (χ3v) is 4.18. The van der Waals surface area contributed by atoms with Gasteiger partial charge in [-0.3, -0.25) is 4.79 Å². The lowest BCUT2D eigenvalue weighted by Gasteiger charge is -2.07. The molecule has 1 N–H and O–H groups in total. The van der Waals surface area contributed by atoms with Crippen LogP contribution >= 0.6 is 0 Å². The monoisotopic (exact) mass is 371 g/mol. The van der Waals surface area contributed by atoms with E-state index in [1.165, 1.54) is 18.2 Å². The number of hydrogen-bond donors (Lipinski definition) is 1. The van der Waals surface area contributed by atoms with Gasteiger partial charge in [0.15, 0.2) is 11.5 Å². The second-order valence-electron chi connectivity index (χ2n) is 6.08. The molecule has 1 amide bonds. The molecule has 0 radical (unpaired) electrons. The number of hydrogen-bond acceptors (Lipinski definition) is 4. The predicted octanol–water partition coefficient (Wildman–Crippen LogP) is 4.06. The fourth-order valence-electron chi connectivity index (χ4n) is 3.01. The third-order valence-electron chi connectivity index (χ3n) is 4.18. The van der Waals surface area contributed by atoms with Crippen molar-refractivity contribution in [2.45, 2.75) is 20.1 Å². The highest BCUT2D eigenvalue weighted by molar-refractivity contribution is 6.06. The summed E-state index contributed by atoms with van der Waals surface area (Å²) in [5.74, 6) is -0.605. The number of para-hydroxylation sites is 1. The van der Waals surface area contributed by atoms with Gasteiger partial charge in [0.25, 0.3) is 5.91 Å². The first-order valence-corrected chi connectivity index (χ1v) is 8.17. The van der Waals surface area contributed by atoms with E-state index in [0.717, 1.165) is 5.69 Å². The van der Waals surface area contributed by atoms with Gasteiger partial charge < -0.3 is 14.8 Å². The lowest BCUT2D eigenvalue weighted by atomic mass is 10.1. The maximum absolute atomic E-state index is 13.1. The summed E-state index contributed by atoms with van der Waals surface area (Å²) in [6, 6.07) is 13.5. The Hall–Kier alpha value is -3.42. The summed E-state index contributed by atoms with van der Waals surface area (Å²) < 4.78 is 36.7. The molecule has 1 aromatic heterocycles. The van der Waals surface area contributed by atoms with E-state index in [2.05, 4.69) is 19.9 Å². The molecule has 0 atom stereocenters. The first-order chi connectivity index (χ1) is 12.8. The minimum absolute atomic E-state index is 0.0812. The Morgan fingerprint density at radius 3 is 2.52 bits per heavy atom. The molecule has 0 fully saturated rings. The van der Waals surface area contributed by atoms with E-state index >= 15 is 0 Å². The molecule has 1 aliphatic rings. The van der Waals surface area contributed by atoms with E-state index < -0.39 is 12.2 Å². The number of amides is 1. The van der Waals surface area contributed by atoms with E-state index in [9.17, 15) is 13.6 Å². The number of carbonyl (C=O) groups excluding carboxylic acids is 1. The molecule has 8 heteroatoms. The molecule has 2 heterocycles. The summed E-state index contributed by atoms with van der Waals surface area (Å²) in [6.07, 6.45) is -3.70. The van der Waals surface area contributed by atoms with Gasteiger partial charge in [-0.1, -0.05) is 18.2 Å². The largest absolute Gasteiger partial charge is 0.586 e. The molecule has 3 aromatic rings. The summed E-state index contributed by atoms with van der Waals surface area (Å²) in [5, 5.41) is 7.12. The molecular formula is C19H15F2N3O3. The summed E-state index contributed by atoms with van der Waals surface area (Å²) >= 11 is 0. The van der Waals surface area contributed by atoms with Crippen LogP contribution < -0.4 is 14.8 Å². The first-order valence-electron chi connectivity index (χ1n) is 8.17. The second-order valence-corrected chi connectivity index (χ2v) is 6.08. The van der Waals surface area contributed by atoms with Crippen LogP contribution in [0.2, 0.25) is 0 Å². The lowest BCUT2D eigenvalue weighted by molar-refractivity contribution is -0.286. The molecule has 6 nitrogen and oxygen atoms in total. The highest BCUT2D eigenvalue weighted by Crippen LogP contribution is 2.42. The Balaban J connectivity index is 1.61. The van der Waals surface area contributed by atoms with Gasteiger partial charge >= 0.3 is 6.29 Å². The van der Waals surface area contributed by atoms with Crippen molar-refractivity contribution in [1.82, 2.24) is 9.78 Å². The van der Waals surface area contributed by atoms with E-state index in [4.69, 9.17) is 0 Å². The smallest absolute Gasteiger partial charge is 0.395 e. The number of ether oxygens (including phenoxy) is 2. The molecule has 1 aliphatic heterocycles. The molecule has 0 bridgehead atoms. The molecule has 0 unspecified atom stereocenters. The number of halogens is 2. The zero-order chi connectivity index (χ0) is 19.2. The minimum atomic E-state index is -3.70. The SMILES string of the molecule is Cc1nn(-c2ccccc2)c(C)c1C(=O)Nc1ccc2c(c1)OC(F)(F)O2. The molecule has 27 heavy (non-hydrogen) atoms. The highest BCUT2D eigenvalue weighted by Gasteiger charge is 2.43. The average Bonchev–Trinajstić information content (AvgIpc) is 3.09. The van der Waals surface area contributed by atoms with E-state index in [-0.39, 0.29) is 11.5 Å². The molecular weight excluding hydrogens is 356 g/mol. The van der Waals surface area contributed by atoms with Crippen LogP contribution in [-0.4, -0.2) is 22.0 Å². The number of nitrogens with zero attached hydrogens (tertiary/aromatic N) is 2. The maximum atomic E-state index is 13.1. The highest BCUT2D eigenvalue weighted by atomic mass is 19.3. The molecule has 2 aromatic carbocycles. The van der Waals surface area contributed by atoms with E-state index in [0.29, 0.717) is 22.6 Å². The van der Waals surface area contributed by atoms with Crippen LogP contribution in [0.5, 0.6) is 11.5 Å². The van der Waals surface area contributed by atoms with Crippen LogP contribution in [-0.2, 0) is 0 Å². The zero-order valence-electron chi connectivity index (χ0n) is 14.5. The van der Waals surface area contributed by atoms with Crippen LogP contribution in [0.4, 0.5) is 14.5 Å². The summed E-state index contributed by atoms with van der Waals surface area (Å²) in [6.45, 7) is 3.53. The average molecular weight is 371 g/mol. The van der Waals surface area contributed by atoms with Crippen molar-refractivity contribution in [2.75, 3.05) is 5.32 Å². The molecule has 0 spiro atoms. The van der Waals surface area contributed by atoms with Gasteiger partial charge in [0, 0.05) is 11.8 Å². The predicted molar refractivity (Wildman–Crippen MR) is 93.6 cm³/mol. The number of nitrogens with one attached hydrogen (secondary N) is 1. The van der Waals surface area contributed by atoms with Crippen molar-refractivity contribution in [3.8, 4) is 17.2 Å². The number of aromatic nitrogens is 2. The summed E-state index contributed by atoms with van der Waals surface area (Å²) in [5.41, 5.74) is 2.79. The molecule has 138 valence electrons. The quantitative estimate of drug-likeness (QED) is 0.754. The lowest BCUT2D eigenvalue weighted by Crippen LogP contribution is -2.25. The van der Waals surface area contributed by atoms with Gasteiger partial charge in [0.05, 0.1) is 22.6 Å². The number of anilines is 1. The van der Waals surface area contributed by atoms with Crippen molar-refractivity contribution in [2.24, 2.45) is 0 Å². The Bertz CT molecular complexity index is 1030. The van der Waals surface area contributed by atoms with Gasteiger partial charge in [-0.2, -0.15) is 5.10 Å². The number of rotatable bonds is 3. The van der Waals surface area contributed by atoms with Crippen molar-refractivity contribution < 1.29 is 23.0 Å². The van der Waals surface area contributed by atoms with Crippen LogP contribution in [0.1, 0.15) is 21.7 Å². The summed E-state index contributed by atoms with van der Waals surface area (Å²) in [4.78, 5) is 12.7. The van der Waals surface area contributed by atoms with Gasteiger partial charge in [-0.15, -0.1) is 8.78 Å². The Kier molecular flexibility index (Phi) is 3.83. The topological polar surface area (TPSA) is 65.4 Å². The number of carbonyl (C=O) groups is 1. The molecule has 4 rings (SSSR count). The Morgan fingerprint density at radius 2 is 1.78 bits per heavy atom. The molecule has 0 aliphatic carbocycles. The Labute approximate surface area is 153 Å². The molecule has 0 saturated carbocycles. The summed E-state index contributed by atoms with van der Waals surface area (Å²) in [7, 11) is 0. The van der Waals surface area contributed by atoms with Crippen molar-refractivity contribution in [3.63, 3.8) is 0 Å². The van der Waals surface area contributed by atoms with Crippen LogP contribution in [0.3, 0.4) is 0 Å². The van der Waals surface area contributed by atoms with Gasteiger partial charge in [0.1, 0.15) is 0 Å². The number of fused-ring (bicyclic) bond motifs is 1. The number of aryl methyl sites for hydroxylation is 1. The van der Waals surface area contributed by atoms with Gasteiger partial charge in [-0.05, 0) is 38.1 Å².